The third kappa shape index (κ3) is 0.841. The second-order valence-electron chi connectivity index (χ2n) is 1.30. The second kappa shape index (κ2) is 1.65. The highest BCUT2D eigenvalue weighted by atomic mass is 17.1. The van der Waals surface area contributed by atoms with Crippen LogP contribution in [0.4, 0.5) is 0 Å². The van der Waals surface area contributed by atoms with Gasteiger partial charge >= 0.3 is 5.69 Å². The third-order valence-electron chi connectivity index (χ3n) is 0.686. The van der Waals surface area contributed by atoms with Gasteiger partial charge in [0.2, 0.25) is 0 Å². The Hall–Kier alpha value is -1.32. The van der Waals surface area contributed by atoms with Crippen LogP contribution in [0.5, 0.6) is 0 Å². The van der Waals surface area contributed by atoms with Crippen LogP contribution in [-0.4, -0.2) is 9.97 Å². The van der Waals surface area contributed by atoms with Crippen molar-refractivity contribution in [2.75, 3.05) is 0 Å². The van der Waals surface area contributed by atoms with Crippen LogP contribution in [0.3, 0.4) is 0 Å². The molecular formula is C4H4N2O2. The fourth-order valence-corrected chi connectivity index (χ4v) is 0.383. The molecule has 2 N–H and O–H groups in total. The van der Waals surface area contributed by atoms with Crippen molar-refractivity contribution in [3.63, 3.8) is 0 Å². The third-order valence-corrected chi connectivity index (χ3v) is 0.686. The molecule has 0 unspecified atom stereocenters. The minimum atomic E-state index is -0.475. The molecule has 1 heterocycles. The maximum Gasteiger partial charge on any atom is 0.325 e. The first-order valence-corrected chi connectivity index (χ1v) is 2.07. The molecular weight excluding hydrogens is 109 g/mol. The number of H-pyrrole nitrogens is 2. The molecule has 0 aromatic carbocycles. The van der Waals surface area contributed by atoms with Crippen LogP contribution >= 0.6 is 0 Å². The van der Waals surface area contributed by atoms with E-state index in [2.05, 4.69) is 4.98 Å². The molecule has 42 valence electrons. The molecule has 1 rings (SSSR count). The summed E-state index contributed by atoms with van der Waals surface area (Å²) in [6.07, 6.45) is 1.29. The molecule has 0 saturated heterocycles. The lowest BCUT2D eigenvalue weighted by atomic mass is 10.7. The van der Waals surface area contributed by atoms with Crippen LogP contribution in [0.1, 0.15) is 0 Å². The summed E-state index contributed by atoms with van der Waals surface area (Å²) in [5, 5.41) is 0. The maximum atomic E-state index is 10.2. The van der Waals surface area contributed by atoms with Crippen molar-refractivity contribution in [3.05, 3.63) is 33.1 Å². The largest absolute Gasteiger partial charge is 0.325 e. The average molecular weight is 113 g/mol. The summed E-state index contributed by atoms with van der Waals surface area (Å²) in [5.41, 5.74) is -0.855. The SMILES string of the molecule is O=c1[nH]ccc(=[17O])[nH]1. The minimum Gasteiger partial charge on any atom is -0.314 e. The Morgan fingerprint density at radius 1 is 1.62 bits per heavy atom. The molecule has 4 nitrogen and oxygen atoms in total. The zero-order valence-electron chi connectivity index (χ0n) is 3.97. The first kappa shape index (κ1) is 4.83. The van der Waals surface area contributed by atoms with Gasteiger partial charge in [0.15, 0.2) is 0 Å². The highest BCUT2D eigenvalue weighted by Crippen LogP contribution is 1.51. The molecule has 8 heavy (non-hydrogen) atoms. The number of nitrogens with one attached hydrogen (secondary N) is 2. The van der Waals surface area contributed by atoms with Crippen molar-refractivity contribution in [1.29, 1.82) is 0 Å². The van der Waals surface area contributed by atoms with E-state index in [1.165, 1.54) is 12.3 Å². The van der Waals surface area contributed by atoms with Gasteiger partial charge in [0.1, 0.15) is 0 Å². The van der Waals surface area contributed by atoms with E-state index in [0.717, 1.165) is 0 Å². The molecule has 0 saturated carbocycles. The second-order valence-corrected chi connectivity index (χ2v) is 1.30. The van der Waals surface area contributed by atoms with Crippen molar-refractivity contribution in [3.8, 4) is 0 Å². The van der Waals surface area contributed by atoms with Gasteiger partial charge in [0.25, 0.3) is 5.56 Å². The van der Waals surface area contributed by atoms with Crippen LogP contribution in [0.15, 0.2) is 21.9 Å². The van der Waals surface area contributed by atoms with Crippen LogP contribution in [0.25, 0.3) is 0 Å². The van der Waals surface area contributed by atoms with Gasteiger partial charge < -0.3 is 4.98 Å². The molecule has 0 amide bonds. The lowest BCUT2D eigenvalue weighted by Crippen LogP contribution is -2.19. The van der Waals surface area contributed by atoms with Crippen molar-refractivity contribution >= 4 is 0 Å². The van der Waals surface area contributed by atoms with Crippen molar-refractivity contribution in [2.45, 2.75) is 0 Å². The van der Waals surface area contributed by atoms with E-state index in [-0.39, 0.29) is 5.56 Å². The Labute approximate surface area is 44.2 Å². The van der Waals surface area contributed by atoms with Gasteiger partial charge in [-0.2, -0.15) is 0 Å². The van der Waals surface area contributed by atoms with E-state index in [9.17, 15) is 9.59 Å². The molecule has 0 bridgehead atoms. The number of aromatic nitrogens is 2. The fourth-order valence-electron chi connectivity index (χ4n) is 0.383. The summed E-state index contributed by atoms with van der Waals surface area (Å²) in [6, 6.07) is 1.24. The number of rotatable bonds is 0. The Balaban J connectivity index is 3.50. The number of hydrogen-bond acceptors (Lipinski definition) is 2. The van der Waals surface area contributed by atoms with Gasteiger partial charge in [-0.15, -0.1) is 0 Å². The molecule has 0 aliphatic heterocycles. The topological polar surface area (TPSA) is 65.7 Å². The number of aromatic amines is 2. The molecule has 0 atom stereocenters. The van der Waals surface area contributed by atoms with E-state index in [0.29, 0.717) is 0 Å². The molecule has 1 aromatic rings. The van der Waals surface area contributed by atoms with Crippen molar-refractivity contribution in [1.82, 2.24) is 9.97 Å². The molecule has 4 heteroatoms. The number of hydrogen-bond donors (Lipinski definition) is 2. The maximum absolute atomic E-state index is 10.2. The normalized spacial score (nSPS) is 9.00. The molecule has 0 aliphatic rings. The van der Waals surface area contributed by atoms with Gasteiger partial charge in [-0.3, -0.25) is 9.78 Å². The Morgan fingerprint density at radius 3 is 2.75 bits per heavy atom. The highest BCUT2D eigenvalue weighted by molar-refractivity contribution is 4.77. The van der Waals surface area contributed by atoms with Crippen LogP contribution in [0.2, 0.25) is 0 Å². The molecule has 0 spiro atoms. The summed E-state index contributed by atoms with van der Waals surface area (Å²) >= 11 is 0. The van der Waals surface area contributed by atoms with Crippen molar-refractivity contribution in [2.24, 2.45) is 0 Å². The van der Waals surface area contributed by atoms with Gasteiger partial charge in [-0.1, -0.05) is 0 Å². The summed E-state index contributed by atoms with van der Waals surface area (Å²) in [5.74, 6) is 0. The Bertz CT molecular complexity index is 246. The van der Waals surface area contributed by atoms with E-state index >= 15 is 0 Å². The van der Waals surface area contributed by atoms with Gasteiger partial charge in [0.05, 0.1) is 0 Å². The van der Waals surface area contributed by atoms with Crippen LogP contribution in [-0.2, 0) is 0 Å². The predicted molar refractivity (Wildman–Crippen MR) is 27.7 cm³/mol. The van der Waals surface area contributed by atoms with E-state index in [1.807, 2.05) is 4.98 Å². The first-order chi connectivity index (χ1) is 3.79. The van der Waals surface area contributed by atoms with E-state index in [1.54, 1.807) is 0 Å². The monoisotopic (exact) mass is 113 g/mol. The fraction of sp³-hybridized carbons (Fsp3) is 0. The smallest absolute Gasteiger partial charge is 0.314 e. The van der Waals surface area contributed by atoms with Gasteiger partial charge in [0, 0.05) is 12.3 Å². The highest BCUT2D eigenvalue weighted by Gasteiger charge is 1.77. The zero-order valence-corrected chi connectivity index (χ0v) is 3.97. The molecule has 0 radical (unpaired) electrons. The molecule has 0 aliphatic carbocycles. The lowest BCUT2D eigenvalue weighted by molar-refractivity contribution is 1.04. The average Bonchev–Trinajstić information content (AvgIpc) is 1.64. The van der Waals surface area contributed by atoms with E-state index < -0.39 is 5.69 Å². The van der Waals surface area contributed by atoms with Crippen LogP contribution in [0, 0.1) is 0 Å². The standard InChI is InChI=1S/C4H4N2O2/c7-3-1-2-5-4(8)6-3/h1-2H,(H2,5,6,7,8)/i7+1. The zero-order chi connectivity index (χ0) is 5.98. The minimum absolute atomic E-state index is 0.381. The summed E-state index contributed by atoms with van der Waals surface area (Å²) in [7, 11) is 0. The Morgan fingerprint density at radius 2 is 2.38 bits per heavy atom. The van der Waals surface area contributed by atoms with Gasteiger partial charge in [-0.25, -0.2) is 4.79 Å². The summed E-state index contributed by atoms with van der Waals surface area (Å²) in [6.45, 7) is 0. The van der Waals surface area contributed by atoms with Crippen molar-refractivity contribution < 1.29 is 0 Å². The predicted octanol–water partition coefficient (Wildman–Crippen LogP) is -0.937. The summed E-state index contributed by atoms with van der Waals surface area (Å²) in [4.78, 5) is 24.7. The van der Waals surface area contributed by atoms with E-state index in [4.69, 9.17) is 0 Å². The Kier molecular flexibility index (Phi) is 0.997. The summed E-state index contributed by atoms with van der Waals surface area (Å²) < 4.78 is 0. The molecule has 0 fully saturated rings. The first-order valence-electron chi connectivity index (χ1n) is 2.07. The quantitative estimate of drug-likeness (QED) is 0.456. The van der Waals surface area contributed by atoms with Crippen LogP contribution < -0.4 is 11.2 Å². The molecule has 1 aromatic heterocycles. The van der Waals surface area contributed by atoms with Gasteiger partial charge in [-0.05, 0) is 0 Å². The lowest BCUT2D eigenvalue weighted by Gasteiger charge is -1.75.